The SMILES string of the molecule is C=CCNC(=O)C(C)Oc1ccc(CNC)cc1OC. The molecule has 0 saturated carbocycles. The van der Waals surface area contributed by atoms with Gasteiger partial charge in [0, 0.05) is 13.1 Å². The first-order chi connectivity index (χ1) is 9.62. The van der Waals surface area contributed by atoms with Gasteiger partial charge in [-0.25, -0.2) is 0 Å². The smallest absolute Gasteiger partial charge is 0.261 e. The van der Waals surface area contributed by atoms with Crippen LogP contribution in [-0.2, 0) is 11.3 Å². The molecule has 20 heavy (non-hydrogen) atoms. The first-order valence-corrected chi connectivity index (χ1v) is 6.49. The fraction of sp³-hybridized carbons (Fsp3) is 0.400. The molecule has 0 aliphatic heterocycles. The fourth-order valence-electron chi connectivity index (χ4n) is 1.68. The van der Waals surface area contributed by atoms with E-state index >= 15 is 0 Å². The van der Waals surface area contributed by atoms with E-state index in [1.165, 1.54) is 0 Å². The number of benzene rings is 1. The second-order valence-electron chi connectivity index (χ2n) is 4.31. The lowest BCUT2D eigenvalue weighted by Gasteiger charge is -2.17. The Hall–Kier alpha value is -2.01. The van der Waals surface area contributed by atoms with Crippen molar-refractivity contribution in [3.8, 4) is 11.5 Å². The predicted octanol–water partition coefficient (Wildman–Crippen LogP) is 1.48. The molecule has 5 heteroatoms. The van der Waals surface area contributed by atoms with Crippen LogP contribution in [0.4, 0.5) is 0 Å². The number of amides is 1. The van der Waals surface area contributed by atoms with Crippen LogP contribution in [-0.4, -0.2) is 32.7 Å². The zero-order valence-corrected chi connectivity index (χ0v) is 12.2. The molecule has 0 saturated heterocycles. The third kappa shape index (κ3) is 4.59. The molecule has 1 rings (SSSR count). The summed E-state index contributed by atoms with van der Waals surface area (Å²) in [6, 6.07) is 5.63. The standard InChI is InChI=1S/C15H22N2O3/c1-5-8-17-15(18)11(2)20-13-7-6-12(10-16-3)9-14(13)19-4/h5-7,9,11,16H,1,8,10H2,2-4H3,(H,17,18). The molecule has 0 heterocycles. The number of nitrogens with one attached hydrogen (secondary N) is 2. The summed E-state index contributed by atoms with van der Waals surface area (Å²) >= 11 is 0. The van der Waals surface area contributed by atoms with Gasteiger partial charge in [0.15, 0.2) is 17.6 Å². The third-order valence-electron chi connectivity index (χ3n) is 2.70. The van der Waals surface area contributed by atoms with Crippen molar-refractivity contribution in [2.75, 3.05) is 20.7 Å². The number of methoxy groups -OCH3 is 1. The van der Waals surface area contributed by atoms with Gasteiger partial charge in [0.25, 0.3) is 5.91 Å². The van der Waals surface area contributed by atoms with Crippen LogP contribution < -0.4 is 20.1 Å². The molecular formula is C15H22N2O3. The summed E-state index contributed by atoms with van der Waals surface area (Å²) in [5.41, 5.74) is 1.08. The van der Waals surface area contributed by atoms with E-state index in [2.05, 4.69) is 17.2 Å². The Bertz CT molecular complexity index is 460. The molecule has 110 valence electrons. The molecule has 0 aromatic heterocycles. The van der Waals surface area contributed by atoms with E-state index in [9.17, 15) is 4.79 Å². The minimum atomic E-state index is -0.598. The summed E-state index contributed by atoms with van der Waals surface area (Å²) in [4.78, 5) is 11.7. The van der Waals surface area contributed by atoms with Crippen LogP contribution >= 0.6 is 0 Å². The van der Waals surface area contributed by atoms with Gasteiger partial charge in [-0.05, 0) is 31.7 Å². The van der Waals surface area contributed by atoms with Gasteiger partial charge in [0.2, 0.25) is 0 Å². The quantitative estimate of drug-likeness (QED) is 0.707. The molecule has 0 fully saturated rings. The van der Waals surface area contributed by atoms with Crippen molar-refractivity contribution < 1.29 is 14.3 Å². The monoisotopic (exact) mass is 278 g/mol. The van der Waals surface area contributed by atoms with Crippen LogP contribution in [0.2, 0.25) is 0 Å². The van der Waals surface area contributed by atoms with Crippen molar-refractivity contribution in [1.82, 2.24) is 10.6 Å². The van der Waals surface area contributed by atoms with Gasteiger partial charge < -0.3 is 20.1 Å². The van der Waals surface area contributed by atoms with Crippen molar-refractivity contribution >= 4 is 5.91 Å². The van der Waals surface area contributed by atoms with Crippen LogP contribution in [0.3, 0.4) is 0 Å². The number of rotatable bonds is 8. The largest absolute Gasteiger partial charge is 0.493 e. The van der Waals surface area contributed by atoms with Crippen LogP contribution in [0.5, 0.6) is 11.5 Å². The summed E-state index contributed by atoms with van der Waals surface area (Å²) in [6.07, 6.45) is 1.02. The zero-order chi connectivity index (χ0) is 15.0. The van der Waals surface area contributed by atoms with Gasteiger partial charge in [-0.2, -0.15) is 0 Å². The normalized spacial score (nSPS) is 11.6. The van der Waals surface area contributed by atoms with Crippen LogP contribution in [0.25, 0.3) is 0 Å². The first kappa shape index (κ1) is 16.0. The topological polar surface area (TPSA) is 59.6 Å². The number of ether oxygens (including phenoxy) is 2. The maximum absolute atomic E-state index is 11.7. The van der Waals surface area contributed by atoms with Gasteiger partial charge >= 0.3 is 0 Å². The Morgan fingerprint density at radius 2 is 2.20 bits per heavy atom. The molecule has 1 aromatic rings. The van der Waals surface area contributed by atoms with E-state index in [1.54, 1.807) is 20.1 Å². The molecule has 0 spiro atoms. The Morgan fingerprint density at radius 1 is 1.45 bits per heavy atom. The van der Waals surface area contributed by atoms with E-state index in [0.29, 0.717) is 18.0 Å². The fourth-order valence-corrected chi connectivity index (χ4v) is 1.68. The highest BCUT2D eigenvalue weighted by atomic mass is 16.5. The molecule has 1 atom stereocenters. The van der Waals surface area contributed by atoms with Crippen LogP contribution in [0.1, 0.15) is 12.5 Å². The minimum absolute atomic E-state index is 0.189. The van der Waals surface area contributed by atoms with Gasteiger partial charge in [-0.15, -0.1) is 6.58 Å². The summed E-state index contributed by atoms with van der Waals surface area (Å²) in [5.74, 6) is 0.973. The van der Waals surface area contributed by atoms with E-state index in [0.717, 1.165) is 12.1 Å². The minimum Gasteiger partial charge on any atom is -0.493 e. The Kier molecular flexibility index (Phi) is 6.59. The predicted molar refractivity (Wildman–Crippen MR) is 79.1 cm³/mol. The van der Waals surface area contributed by atoms with E-state index in [4.69, 9.17) is 9.47 Å². The van der Waals surface area contributed by atoms with Crippen LogP contribution in [0, 0.1) is 0 Å². The molecule has 2 N–H and O–H groups in total. The molecule has 1 amide bonds. The van der Waals surface area contributed by atoms with Crippen molar-refractivity contribution in [1.29, 1.82) is 0 Å². The second kappa shape index (κ2) is 8.22. The number of carbonyl (C=O) groups excluding carboxylic acids is 1. The second-order valence-corrected chi connectivity index (χ2v) is 4.31. The first-order valence-electron chi connectivity index (χ1n) is 6.49. The number of carbonyl (C=O) groups is 1. The number of hydrogen-bond acceptors (Lipinski definition) is 4. The van der Waals surface area contributed by atoms with E-state index in [1.807, 2.05) is 25.2 Å². The summed E-state index contributed by atoms with van der Waals surface area (Å²) in [5, 5.41) is 5.76. The summed E-state index contributed by atoms with van der Waals surface area (Å²) in [7, 11) is 3.46. The lowest BCUT2D eigenvalue weighted by molar-refractivity contribution is -0.127. The Balaban J connectivity index is 2.75. The summed E-state index contributed by atoms with van der Waals surface area (Å²) in [6.45, 7) is 6.41. The lowest BCUT2D eigenvalue weighted by atomic mass is 10.2. The Morgan fingerprint density at radius 3 is 2.80 bits per heavy atom. The van der Waals surface area contributed by atoms with Gasteiger partial charge in [-0.3, -0.25) is 4.79 Å². The van der Waals surface area contributed by atoms with Crippen molar-refractivity contribution in [2.45, 2.75) is 19.6 Å². The molecule has 0 radical (unpaired) electrons. The highest BCUT2D eigenvalue weighted by Crippen LogP contribution is 2.28. The van der Waals surface area contributed by atoms with Crippen molar-refractivity contribution in [3.05, 3.63) is 36.4 Å². The summed E-state index contributed by atoms with van der Waals surface area (Å²) < 4.78 is 10.9. The molecule has 0 aliphatic carbocycles. The third-order valence-corrected chi connectivity index (χ3v) is 2.70. The lowest BCUT2D eigenvalue weighted by Crippen LogP contribution is -2.36. The van der Waals surface area contributed by atoms with Crippen LogP contribution in [0.15, 0.2) is 30.9 Å². The average molecular weight is 278 g/mol. The van der Waals surface area contributed by atoms with Crippen molar-refractivity contribution in [3.63, 3.8) is 0 Å². The number of hydrogen-bond donors (Lipinski definition) is 2. The maximum Gasteiger partial charge on any atom is 0.261 e. The molecule has 1 aromatic carbocycles. The molecule has 1 unspecified atom stereocenters. The highest BCUT2D eigenvalue weighted by molar-refractivity contribution is 5.80. The van der Waals surface area contributed by atoms with Gasteiger partial charge in [0.1, 0.15) is 0 Å². The molecule has 0 bridgehead atoms. The Labute approximate surface area is 120 Å². The maximum atomic E-state index is 11.7. The highest BCUT2D eigenvalue weighted by Gasteiger charge is 2.16. The zero-order valence-electron chi connectivity index (χ0n) is 12.2. The van der Waals surface area contributed by atoms with E-state index in [-0.39, 0.29) is 5.91 Å². The molecule has 0 aliphatic rings. The van der Waals surface area contributed by atoms with Crippen molar-refractivity contribution in [2.24, 2.45) is 0 Å². The van der Waals surface area contributed by atoms with E-state index < -0.39 is 6.10 Å². The van der Waals surface area contributed by atoms with Gasteiger partial charge in [0.05, 0.1) is 7.11 Å². The molecule has 5 nitrogen and oxygen atoms in total. The molecular weight excluding hydrogens is 256 g/mol. The van der Waals surface area contributed by atoms with Gasteiger partial charge in [-0.1, -0.05) is 12.1 Å². The average Bonchev–Trinajstić information content (AvgIpc) is 2.46.